The molecule has 2 N–H and O–H groups in total. The topological polar surface area (TPSA) is 58.1 Å². The van der Waals surface area contributed by atoms with Gasteiger partial charge in [-0.05, 0) is 50.7 Å². The minimum atomic E-state index is 0.672. The first-order chi connectivity index (χ1) is 13.7. The van der Waals surface area contributed by atoms with E-state index in [2.05, 4.69) is 58.6 Å². The fourth-order valence-electron chi connectivity index (χ4n) is 3.44. The van der Waals surface area contributed by atoms with E-state index in [1.165, 1.54) is 11.3 Å². The number of aliphatic imine (C=N–C) groups is 1. The van der Waals surface area contributed by atoms with Gasteiger partial charge in [0.15, 0.2) is 5.96 Å². The van der Waals surface area contributed by atoms with Crippen LogP contribution < -0.4 is 15.5 Å². The third-order valence-corrected chi connectivity index (χ3v) is 5.19. The third-order valence-electron chi connectivity index (χ3n) is 5.19. The highest BCUT2D eigenvalue weighted by Crippen LogP contribution is 2.18. The first-order valence-electron chi connectivity index (χ1n) is 10.6. The van der Waals surface area contributed by atoms with Crippen molar-refractivity contribution in [3.05, 3.63) is 29.8 Å². The molecule has 0 unspecified atom stereocenters. The summed E-state index contributed by atoms with van der Waals surface area (Å²) >= 11 is 0. The molecule has 0 aliphatic carbocycles. The van der Waals surface area contributed by atoms with E-state index >= 15 is 0 Å². The van der Waals surface area contributed by atoms with Crippen molar-refractivity contribution in [1.29, 1.82) is 0 Å². The average molecular weight is 391 g/mol. The number of guanidine groups is 1. The zero-order chi connectivity index (χ0) is 20.0. The normalized spacial score (nSPS) is 15.5. The number of rotatable bonds is 11. The first kappa shape index (κ1) is 22.5. The van der Waals surface area contributed by atoms with Crippen molar-refractivity contribution < 1.29 is 9.47 Å². The average Bonchev–Trinajstić information content (AvgIpc) is 2.73. The molecule has 0 atom stereocenters. The van der Waals surface area contributed by atoms with E-state index in [4.69, 9.17) is 9.47 Å². The van der Waals surface area contributed by atoms with Crippen molar-refractivity contribution in [3.63, 3.8) is 0 Å². The zero-order valence-electron chi connectivity index (χ0n) is 17.9. The number of aryl methyl sites for hydroxylation is 1. The smallest absolute Gasteiger partial charge is 0.191 e. The number of nitrogens with zero attached hydrogens (tertiary/aromatic N) is 2. The van der Waals surface area contributed by atoms with E-state index in [9.17, 15) is 0 Å². The summed E-state index contributed by atoms with van der Waals surface area (Å²) in [7, 11) is 1.82. The molecule has 1 saturated heterocycles. The number of hydrogen-bond acceptors (Lipinski definition) is 4. The predicted molar refractivity (Wildman–Crippen MR) is 117 cm³/mol. The van der Waals surface area contributed by atoms with E-state index < -0.39 is 0 Å². The van der Waals surface area contributed by atoms with Crippen LogP contribution in [0.3, 0.4) is 0 Å². The molecular weight excluding hydrogens is 352 g/mol. The molecule has 6 heteroatoms. The van der Waals surface area contributed by atoms with Crippen molar-refractivity contribution in [1.82, 2.24) is 10.6 Å². The fraction of sp³-hybridized carbons (Fsp3) is 0.682. The molecule has 158 valence electrons. The van der Waals surface area contributed by atoms with E-state index in [-0.39, 0.29) is 0 Å². The lowest BCUT2D eigenvalue weighted by Gasteiger charge is -2.25. The number of ether oxygens (including phenoxy) is 2. The predicted octanol–water partition coefficient (Wildman–Crippen LogP) is 2.82. The number of para-hydroxylation sites is 1. The zero-order valence-corrected chi connectivity index (χ0v) is 17.9. The Morgan fingerprint density at radius 3 is 2.68 bits per heavy atom. The second-order valence-corrected chi connectivity index (χ2v) is 7.28. The van der Waals surface area contributed by atoms with Gasteiger partial charge in [0.2, 0.25) is 0 Å². The maximum Gasteiger partial charge on any atom is 0.191 e. The Morgan fingerprint density at radius 1 is 1.21 bits per heavy atom. The van der Waals surface area contributed by atoms with Crippen LogP contribution >= 0.6 is 0 Å². The van der Waals surface area contributed by atoms with Crippen molar-refractivity contribution in [3.8, 4) is 0 Å². The van der Waals surface area contributed by atoms with Crippen LogP contribution in [0.15, 0.2) is 29.3 Å². The summed E-state index contributed by atoms with van der Waals surface area (Å²) in [5, 5.41) is 6.78. The summed E-state index contributed by atoms with van der Waals surface area (Å²) in [6.07, 6.45) is 3.24. The molecule has 0 bridgehead atoms. The number of nitrogens with one attached hydrogen (secondary N) is 2. The maximum absolute atomic E-state index is 5.81. The van der Waals surface area contributed by atoms with Gasteiger partial charge in [0.05, 0.1) is 0 Å². The number of anilines is 1. The van der Waals surface area contributed by atoms with Crippen LogP contribution in [0.5, 0.6) is 0 Å². The van der Waals surface area contributed by atoms with Gasteiger partial charge in [-0.3, -0.25) is 4.99 Å². The summed E-state index contributed by atoms with van der Waals surface area (Å²) in [5.74, 6) is 1.52. The number of hydrogen-bond donors (Lipinski definition) is 2. The molecular formula is C22H38N4O2. The van der Waals surface area contributed by atoms with Gasteiger partial charge >= 0.3 is 0 Å². The maximum atomic E-state index is 5.81. The Bertz CT molecular complexity index is 573. The van der Waals surface area contributed by atoms with Gasteiger partial charge in [-0.15, -0.1) is 0 Å². The molecule has 0 amide bonds. The molecule has 6 nitrogen and oxygen atoms in total. The van der Waals surface area contributed by atoms with Crippen LogP contribution in [-0.4, -0.2) is 65.6 Å². The van der Waals surface area contributed by atoms with Crippen molar-refractivity contribution >= 4 is 11.6 Å². The Hall–Kier alpha value is -1.79. The van der Waals surface area contributed by atoms with E-state index in [0.717, 1.165) is 77.8 Å². The van der Waals surface area contributed by atoms with Crippen molar-refractivity contribution in [2.75, 3.05) is 64.6 Å². The Labute approximate surface area is 170 Å². The molecule has 1 fully saturated rings. The molecule has 1 aromatic rings. The van der Waals surface area contributed by atoms with Gasteiger partial charge in [0.1, 0.15) is 0 Å². The van der Waals surface area contributed by atoms with Gasteiger partial charge in [-0.2, -0.15) is 0 Å². The minimum Gasteiger partial charge on any atom is -0.381 e. The Balaban J connectivity index is 1.57. The lowest BCUT2D eigenvalue weighted by Crippen LogP contribution is -2.42. The Kier molecular flexibility index (Phi) is 10.8. The van der Waals surface area contributed by atoms with Crippen LogP contribution in [0, 0.1) is 12.8 Å². The summed E-state index contributed by atoms with van der Waals surface area (Å²) in [6, 6.07) is 8.54. The highest BCUT2D eigenvalue weighted by atomic mass is 16.5. The second-order valence-electron chi connectivity index (χ2n) is 7.28. The van der Waals surface area contributed by atoms with E-state index in [0.29, 0.717) is 5.92 Å². The summed E-state index contributed by atoms with van der Waals surface area (Å²) in [5.41, 5.74) is 2.61. The van der Waals surface area contributed by atoms with Gasteiger partial charge in [0.25, 0.3) is 0 Å². The van der Waals surface area contributed by atoms with Gasteiger partial charge < -0.3 is 25.0 Å². The third kappa shape index (κ3) is 8.07. The van der Waals surface area contributed by atoms with Crippen LogP contribution in [-0.2, 0) is 9.47 Å². The molecule has 0 radical (unpaired) electrons. The first-order valence-corrected chi connectivity index (χ1v) is 10.6. The molecule has 2 rings (SSSR count). The molecule has 0 saturated carbocycles. The fourth-order valence-corrected chi connectivity index (χ4v) is 3.44. The molecule has 0 aromatic heterocycles. The van der Waals surface area contributed by atoms with Crippen molar-refractivity contribution in [2.45, 2.75) is 33.1 Å². The molecule has 1 aromatic carbocycles. The van der Waals surface area contributed by atoms with Crippen molar-refractivity contribution in [2.24, 2.45) is 10.9 Å². The van der Waals surface area contributed by atoms with E-state index in [1.54, 1.807) is 0 Å². The minimum absolute atomic E-state index is 0.672. The summed E-state index contributed by atoms with van der Waals surface area (Å²) < 4.78 is 11.2. The van der Waals surface area contributed by atoms with Gasteiger partial charge in [0, 0.05) is 65.3 Å². The molecule has 28 heavy (non-hydrogen) atoms. The number of benzene rings is 1. The highest BCUT2D eigenvalue weighted by molar-refractivity contribution is 5.79. The van der Waals surface area contributed by atoms with E-state index in [1.807, 2.05) is 7.05 Å². The monoisotopic (exact) mass is 390 g/mol. The Morgan fingerprint density at radius 2 is 1.96 bits per heavy atom. The summed E-state index contributed by atoms with van der Waals surface area (Å²) in [4.78, 5) is 6.70. The molecule has 1 heterocycles. The van der Waals surface area contributed by atoms with Gasteiger partial charge in [-0.1, -0.05) is 18.2 Å². The SMILES string of the molecule is CCN(CCNC(=NC)NCCCOCC1CCOCC1)c1ccccc1C. The number of likely N-dealkylation sites (N-methyl/N-ethyl adjacent to an activating group) is 1. The van der Waals surface area contributed by atoms with Crippen LogP contribution in [0.1, 0.15) is 31.7 Å². The second kappa shape index (κ2) is 13.4. The quantitative estimate of drug-likeness (QED) is 0.346. The van der Waals surface area contributed by atoms with Gasteiger partial charge in [-0.25, -0.2) is 0 Å². The molecule has 0 spiro atoms. The summed E-state index contributed by atoms with van der Waals surface area (Å²) in [6.45, 7) is 11.4. The largest absolute Gasteiger partial charge is 0.381 e. The van der Waals surface area contributed by atoms with Crippen LogP contribution in [0.2, 0.25) is 0 Å². The molecule has 1 aliphatic heterocycles. The highest BCUT2D eigenvalue weighted by Gasteiger charge is 2.13. The van der Waals surface area contributed by atoms with Crippen LogP contribution in [0.4, 0.5) is 5.69 Å². The van der Waals surface area contributed by atoms with Crippen LogP contribution in [0.25, 0.3) is 0 Å². The standard InChI is InChI=1S/C22H38N4O2/c1-4-26(21-9-6-5-8-19(21)2)14-13-25-22(23-3)24-12-7-15-28-18-20-10-16-27-17-11-20/h5-6,8-9,20H,4,7,10-18H2,1-3H3,(H2,23,24,25). The lowest BCUT2D eigenvalue weighted by atomic mass is 10.0. The lowest BCUT2D eigenvalue weighted by molar-refractivity contribution is 0.0203. The molecule has 1 aliphatic rings.